The van der Waals surface area contributed by atoms with Gasteiger partial charge in [0.05, 0.1) is 11.9 Å². The SMILES string of the molecule is C#Cc1cncc(-c2cc(C)n3ncc(C(=O)NC(C4CC4)C(F)(F)F)c3n2)c1. The molecule has 1 aliphatic rings. The Morgan fingerprint density at radius 1 is 1.31 bits per heavy atom. The smallest absolute Gasteiger partial charge is 0.340 e. The van der Waals surface area contributed by atoms with Gasteiger partial charge >= 0.3 is 6.18 Å². The van der Waals surface area contributed by atoms with Gasteiger partial charge in [0.1, 0.15) is 11.6 Å². The molecule has 1 atom stereocenters. The van der Waals surface area contributed by atoms with Gasteiger partial charge in [0.25, 0.3) is 5.91 Å². The number of halogens is 3. The molecule has 1 amide bonds. The number of nitrogens with one attached hydrogen (secondary N) is 1. The highest BCUT2D eigenvalue weighted by molar-refractivity contribution is 6.00. The van der Waals surface area contributed by atoms with E-state index >= 15 is 0 Å². The van der Waals surface area contributed by atoms with E-state index in [0.29, 0.717) is 35.4 Å². The van der Waals surface area contributed by atoms with Gasteiger partial charge in [0.2, 0.25) is 0 Å². The van der Waals surface area contributed by atoms with Crippen molar-refractivity contribution >= 4 is 11.6 Å². The monoisotopic (exact) mass is 399 g/mol. The Balaban J connectivity index is 1.73. The number of hydrogen-bond acceptors (Lipinski definition) is 4. The Morgan fingerprint density at radius 3 is 2.72 bits per heavy atom. The van der Waals surface area contributed by atoms with Crippen molar-refractivity contribution in [3.63, 3.8) is 0 Å². The normalized spacial score (nSPS) is 15.1. The molecule has 4 rings (SSSR count). The molecule has 0 radical (unpaired) electrons. The van der Waals surface area contributed by atoms with Crippen molar-refractivity contribution in [1.29, 1.82) is 0 Å². The highest BCUT2D eigenvalue weighted by Crippen LogP contribution is 2.40. The van der Waals surface area contributed by atoms with Gasteiger partial charge in [0.15, 0.2) is 5.65 Å². The molecule has 0 aromatic carbocycles. The van der Waals surface area contributed by atoms with Crippen molar-refractivity contribution in [3.05, 3.63) is 47.5 Å². The zero-order valence-electron chi connectivity index (χ0n) is 15.4. The first-order valence-electron chi connectivity index (χ1n) is 8.93. The van der Waals surface area contributed by atoms with Crippen molar-refractivity contribution in [3.8, 4) is 23.6 Å². The third kappa shape index (κ3) is 3.66. The molecule has 1 aliphatic carbocycles. The van der Waals surface area contributed by atoms with Crippen molar-refractivity contribution in [2.75, 3.05) is 0 Å². The van der Waals surface area contributed by atoms with E-state index in [1.165, 1.54) is 16.9 Å². The standard InChI is InChI=1S/C20H16F3N5O/c1-3-12-7-14(9-24-8-12)16-6-11(2)28-18(26-16)15(10-25-28)19(29)27-17(13-4-5-13)20(21,22)23/h1,6-10,13,17H,4-5H2,2H3,(H,27,29). The van der Waals surface area contributed by atoms with Crippen molar-refractivity contribution in [2.45, 2.75) is 32.0 Å². The highest BCUT2D eigenvalue weighted by atomic mass is 19.4. The van der Waals surface area contributed by atoms with Gasteiger partial charge in [-0.1, -0.05) is 5.92 Å². The number of fused-ring (bicyclic) bond motifs is 1. The van der Waals surface area contributed by atoms with Crippen molar-refractivity contribution < 1.29 is 18.0 Å². The number of aryl methyl sites for hydroxylation is 1. The number of nitrogens with zero attached hydrogens (tertiary/aromatic N) is 4. The lowest BCUT2D eigenvalue weighted by atomic mass is 10.1. The predicted molar refractivity (Wildman–Crippen MR) is 98.9 cm³/mol. The summed E-state index contributed by atoms with van der Waals surface area (Å²) in [7, 11) is 0. The second-order valence-electron chi connectivity index (χ2n) is 7.01. The average molecular weight is 399 g/mol. The van der Waals surface area contributed by atoms with Crippen LogP contribution in [0.4, 0.5) is 13.2 Å². The van der Waals surface area contributed by atoms with Crippen LogP contribution in [-0.2, 0) is 0 Å². The number of hydrogen-bond donors (Lipinski definition) is 1. The van der Waals surface area contributed by atoms with E-state index in [9.17, 15) is 18.0 Å². The first-order valence-corrected chi connectivity index (χ1v) is 8.93. The molecule has 1 fully saturated rings. The lowest BCUT2D eigenvalue weighted by Gasteiger charge is -2.20. The molecule has 6 nitrogen and oxygen atoms in total. The Morgan fingerprint density at radius 2 is 2.07 bits per heavy atom. The minimum atomic E-state index is -4.50. The zero-order chi connectivity index (χ0) is 20.8. The third-order valence-corrected chi connectivity index (χ3v) is 4.83. The zero-order valence-corrected chi connectivity index (χ0v) is 15.4. The van der Waals surface area contributed by atoms with Gasteiger partial charge in [0, 0.05) is 29.2 Å². The quantitative estimate of drug-likeness (QED) is 0.684. The molecule has 1 unspecified atom stereocenters. The molecular weight excluding hydrogens is 383 g/mol. The molecule has 148 valence electrons. The summed E-state index contributed by atoms with van der Waals surface area (Å²) >= 11 is 0. The molecule has 1 saturated carbocycles. The molecule has 29 heavy (non-hydrogen) atoms. The number of aromatic nitrogens is 4. The number of terminal acetylenes is 1. The van der Waals surface area contributed by atoms with Crippen LogP contribution in [0.5, 0.6) is 0 Å². The van der Waals surface area contributed by atoms with E-state index in [2.05, 4.69) is 26.3 Å². The highest BCUT2D eigenvalue weighted by Gasteiger charge is 2.49. The maximum atomic E-state index is 13.3. The fraction of sp³-hybridized carbons (Fsp3) is 0.300. The first kappa shape index (κ1) is 18.9. The number of amides is 1. The fourth-order valence-corrected chi connectivity index (χ4v) is 3.20. The molecule has 1 N–H and O–H groups in total. The topological polar surface area (TPSA) is 72.2 Å². The van der Waals surface area contributed by atoms with Gasteiger partial charge in [-0.15, -0.1) is 6.42 Å². The maximum Gasteiger partial charge on any atom is 0.408 e. The Kier molecular flexibility index (Phi) is 4.49. The summed E-state index contributed by atoms with van der Waals surface area (Å²) in [4.78, 5) is 21.1. The van der Waals surface area contributed by atoms with Gasteiger partial charge in [-0.2, -0.15) is 18.3 Å². The molecule has 0 spiro atoms. The molecule has 0 aliphatic heterocycles. The van der Waals surface area contributed by atoms with Crippen molar-refractivity contribution in [1.82, 2.24) is 24.9 Å². The van der Waals surface area contributed by atoms with E-state index in [1.54, 1.807) is 25.3 Å². The van der Waals surface area contributed by atoms with Crippen LogP contribution in [0, 0.1) is 25.2 Å². The fourth-order valence-electron chi connectivity index (χ4n) is 3.20. The second-order valence-corrected chi connectivity index (χ2v) is 7.01. The van der Waals surface area contributed by atoms with Crippen LogP contribution in [0.15, 0.2) is 30.7 Å². The number of rotatable bonds is 4. The van der Waals surface area contributed by atoms with Crippen LogP contribution in [0.3, 0.4) is 0 Å². The summed E-state index contributed by atoms with van der Waals surface area (Å²) in [6, 6.07) is 1.58. The average Bonchev–Trinajstić information content (AvgIpc) is 3.42. The van der Waals surface area contributed by atoms with Crippen LogP contribution in [-0.4, -0.2) is 37.7 Å². The lowest BCUT2D eigenvalue weighted by molar-refractivity contribution is -0.158. The Labute approximate surface area is 164 Å². The van der Waals surface area contributed by atoms with Gasteiger partial charge < -0.3 is 5.32 Å². The van der Waals surface area contributed by atoms with Gasteiger partial charge in [-0.3, -0.25) is 9.78 Å². The van der Waals surface area contributed by atoms with Gasteiger partial charge in [-0.25, -0.2) is 9.50 Å². The lowest BCUT2D eigenvalue weighted by Crippen LogP contribution is -2.46. The van der Waals surface area contributed by atoms with E-state index in [0.717, 1.165) is 0 Å². The van der Waals surface area contributed by atoms with Gasteiger partial charge in [-0.05, 0) is 37.8 Å². The summed E-state index contributed by atoms with van der Waals surface area (Å²) in [5, 5.41) is 6.22. The van der Waals surface area contributed by atoms with Crippen LogP contribution in [0.1, 0.15) is 34.5 Å². The molecular formula is C20H16F3N5O. The number of carbonyl (C=O) groups excluding carboxylic acids is 1. The molecule has 0 saturated heterocycles. The molecule has 3 aromatic rings. The van der Waals surface area contributed by atoms with Crippen LogP contribution < -0.4 is 5.32 Å². The Bertz CT molecular complexity index is 1140. The molecule has 3 aromatic heterocycles. The summed E-state index contributed by atoms with van der Waals surface area (Å²) < 4.78 is 41.2. The predicted octanol–water partition coefficient (Wildman–Crippen LogP) is 3.15. The van der Waals surface area contributed by atoms with Crippen LogP contribution in [0.25, 0.3) is 16.9 Å². The van der Waals surface area contributed by atoms with E-state index in [4.69, 9.17) is 6.42 Å². The number of carbonyl (C=O) groups is 1. The first-order chi connectivity index (χ1) is 13.8. The minimum Gasteiger partial charge on any atom is -0.340 e. The van der Waals surface area contributed by atoms with Crippen molar-refractivity contribution in [2.24, 2.45) is 5.92 Å². The van der Waals surface area contributed by atoms with E-state index < -0.39 is 24.0 Å². The van der Waals surface area contributed by atoms with E-state index in [-0.39, 0.29) is 11.2 Å². The Hall–Kier alpha value is -3.41. The number of pyridine rings is 1. The van der Waals surface area contributed by atoms with E-state index in [1.807, 2.05) is 0 Å². The number of alkyl halides is 3. The molecule has 9 heteroatoms. The summed E-state index contributed by atoms with van der Waals surface area (Å²) in [6.45, 7) is 1.76. The molecule has 3 heterocycles. The summed E-state index contributed by atoms with van der Waals surface area (Å²) in [5.74, 6) is 1.05. The van der Waals surface area contributed by atoms with Crippen LogP contribution >= 0.6 is 0 Å². The second kappa shape index (κ2) is 6.88. The minimum absolute atomic E-state index is 0.0223. The summed E-state index contributed by atoms with van der Waals surface area (Å²) in [5.41, 5.74) is 2.48. The largest absolute Gasteiger partial charge is 0.408 e. The third-order valence-electron chi connectivity index (χ3n) is 4.83. The molecule has 0 bridgehead atoms. The maximum absolute atomic E-state index is 13.3. The van der Waals surface area contributed by atoms with Crippen LogP contribution in [0.2, 0.25) is 0 Å². The summed E-state index contributed by atoms with van der Waals surface area (Å²) in [6.07, 6.45) is 6.12.